The van der Waals surface area contributed by atoms with Gasteiger partial charge in [0, 0.05) is 16.6 Å². The van der Waals surface area contributed by atoms with E-state index in [0.717, 1.165) is 16.0 Å². The molecule has 2 aromatic carbocycles. The van der Waals surface area contributed by atoms with E-state index in [1.165, 1.54) is 16.2 Å². The summed E-state index contributed by atoms with van der Waals surface area (Å²) in [4.78, 5) is 28.9. The summed E-state index contributed by atoms with van der Waals surface area (Å²) in [7, 11) is 0. The zero-order valence-electron chi connectivity index (χ0n) is 17.1. The molecule has 5 nitrogen and oxygen atoms in total. The van der Waals surface area contributed by atoms with Gasteiger partial charge < -0.3 is 10.1 Å². The molecule has 0 atom stereocenters. The van der Waals surface area contributed by atoms with Gasteiger partial charge in [0.15, 0.2) is 0 Å². The third-order valence-corrected chi connectivity index (χ3v) is 5.76. The number of anilines is 2. The molecule has 1 aromatic heterocycles. The fourth-order valence-corrected chi connectivity index (χ4v) is 4.22. The molecule has 2 amide bonds. The smallest absolute Gasteiger partial charge is 0.282 e. The molecule has 0 saturated heterocycles. The van der Waals surface area contributed by atoms with Crippen molar-refractivity contribution in [2.45, 2.75) is 20.8 Å². The Balaban J connectivity index is 1.79. The average molecular weight is 419 g/mol. The lowest BCUT2D eigenvalue weighted by Crippen LogP contribution is -2.33. The normalized spacial score (nSPS) is 13.9. The van der Waals surface area contributed by atoms with Crippen molar-refractivity contribution in [3.63, 3.8) is 0 Å². The summed E-state index contributed by atoms with van der Waals surface area (Å²) in [5, 5.41) is 5.08. The van der Waals surface area contributed by atoms with Gasteiger partial charge in [-0.15, -0.1) is 11.3 Å². The number of aryl methyl sites for hydroxylation is 2. The molecule has 1 aliphatic rings. The Labute approximate surface area is 179 Å². The van der Waals surface area contributed by atoms with Crippen LogP contribution in [0.4, 0.5) is 11.4 Å². The zero-order chi connectivity index (χ0) is 21.3. The second-order valence-electron chi connectivity index (χ2n) is 7.05. The molecule has 1 aliphatic heterocycles. The van der Waals surface area contributed by atoms with E-state index in [1.807, 2.05) is 80.7 Å². The quantitative estimate of drug-likeness (QED) is 0.562. The number of nitrogens with one attached hydrogen (secondary N) is 1. The predicted molar refractivity (Wildman–Crippen MR) is 121 cm³/mol. The van der Waals surface area contributed by atoms with Crippen LogP contribution in [0.15, 0.2) is 65.7 Å². The Morgan fingerprint density at radius 1 is 1.00 bits per heavy atom. The van der Waals surface area contributed by atoms with Crippen LogP contribution in [0.1, 0.15) is 22.9 Å². The van der Waals surface area contributed by atoms with Crippen LogP contribution in [0.5, 0.6) is 5.75 Å². The summed E-state index contributed by atoms with van der Waals surface area (Å²) in [6.07, 6.45) is 0. The molecule has 3 aromatic rings. The van der Waals surface area contributed by atoms with Crippen molar-refractivity contribution in [3.05, 3.63) is 81.7 Å². The highest BCUT2D eigenvalue weighted by Gasteiger charge is 2.41. The molecule has 0 unspecified atom stereocenters. The third kappa shape index (κ3) is 3.62. The van der Waals surface area contributed by atoms with Gasteiger partial charge in [-0.3, -0.25) is 9.59 Å². The molecule has 4 rings (SSSR count). The molecule has 0 aliphatic carbocycles. The number of rotatable bonds is 6. The van der Waals surface area contributed by atoms with Crippen LogP contribution >= 0.6 is 11.3 Å². The van der Waals surface area contributed by atoms with Crippen LogP contribution in [0.2, 0.25) is 0 Å². The SMILES string of the molecule is CCOc1cccc(NC2=C(c3cccs3)C(=O)N(c3cc(C)ccc3C)C2=O)c1. The summed E-state index contributed by atoms with van der Waals surface area (Å²) in [6.45, 7) is 6.31. The maximum Gasteiger partial charge on any atom is 0.282 e. The highest BCUT2D eigenvalue weighted by molar-refractivity contribution is 7.11. The monoisotopic (exact) mass is 418 g/mol. The van der Waals surface area contributed by atoms with Crippen LogP contribution in [0.3, 0.4) is 0 Å². The van der Waals surface area contributed by atoms with Crippen molar-refractivity contribution in [2.24, 2.45) is 0 Å². The van der Waals surface area contributed by atoms with Crippen LogP contribution in [0.25, 0.3) is 5.57 Å². The van der Waals surface area contributed by atoms with Crippen LogP contribution in [0, 0.1) is 13.8 Å². The number of amides is 2. The largest absolute Gasteiger partial charge is 0.494 e. The first-order valence-electron chi connectivity index (χ1n) is 9.73. The van der Waals surface area contributed by atoms with Crippen LogP contribution < -0.4 is 15.0 Å². The fourth-order valence-electron chi connectivity index (χ4n) is 3.45. The standard InChI is InChI=1S/C24H22N2O3S/c1-4-29-18-8-5-7-17(14-18)25-22-21(20-9-6-12-30-20)23(27)26(24(22)28)19-13-15(2)10-11-16(19)3/h5-14,25H,4H2,1-3H3. The van der Waals surface area contributed by atoms with Crippen molar-refractivity contribution in [2.75, 3.05) is 16.8 Å². The second kappa shape index (κ2) is 8.16. The van der Waals surface area contributed by atoms with E-state index in [4.69, 9.17) is 4.74 Å². The van der Waals surface area contributed by atoms with Gasteiger partial charge in [0.05, 0.1) is 17.9 Å². The number of nitrogens with zero attached hydrogens (tertiary/aromatic N) is 1. The van der Waals surface area contributed by atoms with Crippen molar-refractivity contribution < 1.29 is 14.3 Å². The molecule has 2 heterocycles. The van der Waals surface area contributed by atoms with E-state index in [1.54, 1.807) is 0 Å². The van der Waals surface area contributed by atoms with E-state index in [2.05, 4.69) is 5.32 Å². The summed E-state index contributed by atoms with van der Waals surface area (Å²) in [5.74, 6) is 0.0162. The lowest BCUT2D eigenvalue weighted by atomic mass is 10.1. The highest BCUT2D eigenvalue weighted by atomic mass is 32.1. The second-order valence-corrected chi connectivity index (χ2v) is 8.00. The predicted octanol–water partition coefficient (Wildman–Crippen LogP) is 5.16. The molecule has 0 bridgehead atoms. The summed E-state index contributed by atoms with van der Waals surface area (Å²) in [5.41, 5.74) is 3.81. The Morgan fingerprint density at radius 2 is 1.83 bits per heavy atom. The fraction of sp³-hybridized carbons (Fsp3) is 0.167. The van der Waals surface area contributed by atoms with Gasteiger partial charge in [-0.2, -0.15) is 0 Å². The number of hydrogen-bond donors (Lipinski definition) is 1. The number of thiophene rings is 1. The van der Waals surface area contributed by atoms with Gasteiger partial charge in [0.25, 0.3) is 11.8 Å². The molecule has 0 saturated carbocycles. The molecule has 0 spiro atoms. The lowest BCUT2D eigenvalue weighted by Gasteiger charge is -2.18. The van der Waals surface area contributed by atoms with Crippen LogP contribution in [-0.2, 0) is 9.59 Å². The Bertz CT molecular complexity index is 1150. The van der Waals surface area contributed by atoms with Gasteiger partial charge in [0.1, 0.15) is 11.4 Å². The minimum Gasteiger partial charge on any atom is -0.494 e. The third-order valence-electron chi connectivity index (χ3n) is 4.87. The number of imide groups is 1. The first-order chi connectivity index (χ1) is 14.5. The minimum atomic E-state index is -0.362. The van der Waals surface area contributed by atoms with Gasteiger partial charge in [0.2, 0.25) is 0 Å². The first-order valence-corrected chi connectivity index (χ1v) is 10.6. The zero-order valence-corrected chi connectivity index (χ0v) is 17.9. The number of hydrogen-bond acceptors (Lipinski definition) is 5. The van der Waals surface area contributed by atoms with Crippen molar-refractivity contribution in [1.82, 2.24) is 0 Å². The molecular formula is C24H22N2O3S. The maximum absolute atomic E-state index is 13.5. The Morgan fingerprint density at radius 3 is 2.57 bits per heavy atom. The Hall–Kier alpha value is -3.38. The van der Waals surface area contributed by atoms with Gasteiger partial charge in [-0.1, -0.05) is 24.3 Å². The van der Waals surface area contributed by atoms with Crippen LogP contribution in [-0.4, -0.2) is 18.4 Å². The Kier molecular flexibility index (Phi) is 5.42. The molecule has 1 N–H and O–H groups in total. The molecule has 6 heteroatoms. The lowest BCUT2D eigenvalue weighted by molar-refractivity contribution is -0.120. The topological polar surface area (TPSA) is 58.6 Å². The highest BCUT2D eigenvalue weighted by Crippen LogP contribution is 2.37. The van der Waals surface area contributed by atoms with Gasteiger partial charge in [-0.05, 0) is 61.5 Å². The minimum absolute atomic E-state index is 0.275. The summed E-state index contributed by atoms with van der Waals surface area (Å²) in [6, 6.07) is 16.9. The van der Waals surface area contributed by atoms with E-state index in [9.17, 15) is 9.59 Å². The van der Waals surface area contributed by atoms with Gasteiger partial charge in [-0.25, -0.2) is 4.90 Å². The maximum atomic E-state index is 13.5. The molecule has 152 valence electrons. The van der Waals surface area contributed by atoms with Gasteiger partial charge >= 0.3 is 0 Å². The van der Waals surface area contributed by atoms with Crippen molar-refractivity contribution in [1.29, 1.82) is 0 Å². The number of carbonyl (C=O) groups excluding carboxylic acids is 2. The average Bonchev–Trinajstić information content (AvgIpc) is 3.32. The number of benzene rings is 2. The molecule has 0 radical (unpaired) electrons. The van der Waals surface area contributed by atoms with E-state index >= 15 is 0 Å². The molecular weight excluding hydrogens is 396 g/mol. The number of carbonyl (C=O) groups is 2. The van der Waals surface area contributed by atoms with E-state index < -0.39 is 0 Å². The van der Waals surface area contributed by atoms with E-state index in [-0.39, 0.29) is 17.5 Å². The molecule has 30 heavy (non-hydrogen) atoms. The molecule has 0 fully saturated rings. The number of ether oxygens (including phenoxy) is 1. The summed E-state index contributed by atoms with van der Waals surface area (Å²) >= 11 is 1.43. The van der Waals surface area contributed by atoms with Crippen molar-refractivity contribution >= 4 is 40.1 Å². The van der Waals surface area contributed by atoms with E-state index in [0.29, 0.717) is 29.3 Å². The van der Waals surface area contributed by atoms with Crippen molar-refractivity contribution in [3.8, 4) is 5.75 Å². The summed E-state index contributed by atoms with van der Waals surface area (Å²) < 4.78 is 5.56. The first kappa shape index (κ1) is 19.9.